The largest absolute Gasteiger partial charge is 0.391 e. The van der Waals surface area contributed by atoms with Crippen molar-refractivity contribution in [2.45, 2.75) is 92.2 Å². The van der Waals surface area contributed by atoms with Crippen molar-refractivity contribution < 1.29 is 14.4 Å². The van der Waals surface area contributed by atoms with Gasteiger partial charge in [-0.25, -0.2) is 0 Å². The summed E-state index contributed by atoms with van der Waals surface area (Å²) in [5.41, 5.74) is 0.0299. The first-order valence-corrected chi connectivity index (χ1v) is 10.2. The van der Waals surface area contributed by atoms with Gasteiger partial charge in [-0.1, -0.05) is 27.7 Å². The predicted molar refractivity (Wildman–Crippen MR) is 109 cm³/mol. The van der Waals surface area contributed by atoms with E-state index in [-0.39, 0.29) is 33.8 Å². The second kappa shape index (κ2) is 7.32. The zero-order valence-corrected chi connectivity index (χ0v) is 18.8. The zero-order valence-electron chi connectivity index (χ0n) is 18.8. The summed E-state index contributed by atoms with van der Waals surface area (Å²) in [6, 6.07) is 0. The topological polar surface area (TPSA) is 34.2 Å². The number of hydrogen-bond acceptors (Lipinski definition) is 5. The maximum atomic E-state index is 5.95. The van der Waals surface area contributed by atoms with Gasteiger partial charge in [0.05, 0.1) is 11.1 Å². The maximum absolute atomic E-state index is 5.95. The van der Waals surface area contributed by atoms with Crippen molar-refractivity contribution in [3.8, 4) is 0 Å². The maximum Gasteiger partial charge on any atom is 0.300 e. The molecule has 0 aromatic heterocycles. The van der Waals surface area contributed by atoms with Crippen LogP contribution in [0.25, 0.3) is 0 Å². The van der Waals surface area contributed by atoms with Gasteiger partial charge in [0.15, 0.2) is 0 Å². The molecular formula is C22H40N2O3. The van der Waals surface area contributed by atoms with Crippen molar-refractivity contribution in [3.63, 3.8) is 0 Å². The third-order valence-corrected chi connectivity index (χ3v) is 7.54. The number of ether oxygens (including phenoxy) is 1. The summed E-state index contributed by atoms with van der Waals surface area (Å²) >= 11 is 0. The van der Waals surface area contributed by atoms with Gasteiger partial charge in [0.25, 0.3) is 11.9 Å². The molecule has 156 valence electrons. The fraction of sp³-hybridized carbons (Fsp3) is 0.818. The summed E-state index contributed by atoms with van der Waals surface area (Å²) < 4.78 is 5.66. The van der Waals surface area contributed by atoms with Crippen molar-refractivity contribution in [2.75, 3.05) is 13.1 Å². The van der Waals surface area contributed by atoms with Crippen LogP contribution in [0.3, 0.4) is 0 Å². The quantitative estimate of drug-likeness (QED) is 0.560. The molecule has 0 bridgehead atoms. The van der Waals surface area contributed by atoms with Crippen molar-refractivity contribution in [1.82, 2.24) is 10.1 Å². The molecule has 0 aliphatic carbocycles. The summed E-state index contributed by atoms with van der Waals surface area (Å²) in [5, 5.41) is 3.94. The van der Waals surface area contributed by atoms with Crippen molar-refractivity contribution in [2.24, 2.45) is 10.8 Å². The normalized spacial score (nSPS) is 26.8. The van der Waals surface area contributed by atoms with E-state index >= 15 is 0 Å². The highest BCUT2D eigenvalue weighted by Crippen LogP contribution is 2.45. The van der Waals surface area contributed by atoms with Gasteiger partial charge in [-0.3, -0.25) is 0 Å². The van der Waals surface area contributed by atoms with E-state index in [0.29, 0.717) is 0 Å². The fourth-order valence-corrected chi connectivity index (χ4v) is 3.90. The van der Waals surface area contributed by atoms with E-state index in [1.807, 2.05) is 10.1 Å². The van der Waals surface area contributed by atoms with Crippen LogP contribution >= 0.6 is 0 Å². The van der Waals surface area contributed by atoms with Crippen LogP contribution in [0, 0.1) is 10.8 Å². The molecular weight excluding hydrogens is 340 g/mol. The van der Waals surface area contributed by atoms with E-state index in [0.717, 1.165) is 25.9 Å². The Morgan fingerprint density at radius 2 is 1.00 bits per heavy atom. The second-order valence-corrected chi connectivity index (χ2v) is 10.3. The molecule has 2 aliphatic heterocycles. The molecule has 0 amide bonds. The zero-order chi connectivity index (χ0) is 20.7. The lowest BCUT2D eigenvalue weighted by Crippen LogP contribution is -2.57. The number of nitrogens with zero attached hydrogens (tertiary/aromatic N) is 2. The molecule has 2 saturated heterocycles. The van der Waals surface area contributed by atoms with E-state index in [2.05, 4.69) is 68.5 Å². The summed E-state index contributed by atoms with van der Waals surface area (Å²) in [5.74, 6) is 0.389. The monoisotopic (exact) mass is 380 g/mol. The van der Waals surface area contributed by atoms with Gasteiger partial charge in [-0.15, -0.1) is 10.1 Å². The van der Waals surface area contributed by atoms with Gasteiger partial charge in [0.1, 0.15) is 0 Å². The molecule has 27 heavy (non-hydrogen) atoms. The Balaban J connectivity index is 1.93. The average molecular weight is 381 g/mol. The lowest BCUT2D eigenvalue weighted by Gasteiger charge is -2.52. The molecule has 0 saturated carbocycles. The van der Waals surface area contributed by atoms with E-state index in [4.69, 9.17) is 14.4 Å². The van der Waals surface area contributed by atoms with Crippen LogP contribution in [0.5, 0.6) is 0 Å². The molecule has 2 rings (SSSR count). The molecule has 0 N–H and O–H groups in total. The Morgan fingerprint density at radius 1 is 0.667 bits per heavy atom. The number of hydroxylamine groups is 4. The molecule has 5 heteroatoms. The van der Waals surface area contributed by atoms with E-state index in [1.165, 1.54) is 12.8 Å². The standard InChI is InChI=1S/C22H40N2O3/c1-17(26-23-15-11-13-19(3,4)21(23,7)8)25-18(2)27-24-16-12-14-20(5,6)22(24,9)10/h1-2,11-16H2,3-10H3. The molecule has 2 aliphatic rings. The number of hydrogen-bond donors (Lipinski definition) is 0. The lowest BCUT2D eigenvalue weighted by atomic mass is 9.69. The summed E-state index contributed by atoms with van der Waals surface area (Å²) in [7, 11) is 0. The number of piperidine rings is 2. The number of rotatable bonds is 6. The van der Waals surface area contributed by atoms with Gasteiger partial charge < -0.3 is 14.4 Å². The van der Waals surface area contributed by atoms with Gasteiger partial charge in [-0.05, 0) is 77.4 Å². The minimum absolute atomic E-state index is 0.126. The average Bonchev–Trinajstić information content (AvgIpc) is 2.49. The first-order chi connectivity index (χ1) is 12.2. The minimum atomic E-state index is -0.126. The van der Waals surface area contributed by atoms with Gasteiger partial charge in [-0.2, -0.15) is 0 Å². The van der Waals surface area contributed by atoms with Crippen molar-refractivity contribution in [1.29, 1.82) is 0 Å². The van der Waals surface area contributed by atoms with Crippen LogP contribution in [0.1, 0.15) is 81.1 Å². The van der Waals surface area contributed by atoms with Crippen molar-refractivity contribution in [3.05, 3.63) is 25.0 Å². The molecule has 2 heterocycles. The highest BCUT2D eigenvalue weighted by Gasteiger charge is 2.47. The highest BCUT2D eigenvalue weighted by molar-refractivity contribution is 4.98. The first kappa shape index (κ1) is 22.1. The Morgan fingerprint density at radius 3 is 1.33 bits per heavy atom. The molecule has 0 aromatic carbocycles. The fourth-order valence-electron chi connectivity index (χ4n) is 3.90. The van der Waals surface area contributed by atoms with Crippen LogP contribution in [0.2, 0.25) is 0 Å². The Kier molecular flexibility index (Phi) is 5.99. The van der Waals surface area contributed by atoms with Crippen LogP contribution in [0.4, 0.5) is 0 Å². The SMILES string of the molecule is C=C(OC(=C)ON1CCCC(C)(C)C1(C)C)ON1CCCC(C)(C)C1(C)C. The molecule has 0 spiro atoms. The van der Waals surface area contributed by atoms with E-state index in [1.54, 1.807) is 0 Å². The second-order valence-electron chi connectivity index (χ2n) is 10.3. The van der Waals surface area contributed by atoms with Crippen LogP contribution in [0.15, 0.2) is 25.0 Å². The van der Waals surface area contributed by atoms with Gasteiger partial charge >= 0.3 is 0 Å². The lowest BCUT2D eigenvalue weighted by molar-refractivity contribution is -0.282. The first-order valence-electron chi connectivity index (χ1n) is 10.2. The highest BCUT2D eigenvalue weighted by atomic mass is 16.8. The Hall–Kier alpha value is -1.20. The molecule has 0 aromatic rings. The molecule has 0 atom stereocenters. The minimum Gasteiger partial charge on any atom is -0.391 e. The molecule has 0 unspecified atom stereocenters. The molecule has 2 fully saturated rings. The summed E-state index contributed by atoms with van der Waals surface area (Å²) in [6.07, 6.45) is 4.50. The third kappa shape index (κ3) is 4.29. The van der Waals surface area contributed by atoms with Gasteiger partial charge in [0.2, 0.25) is 0 Å². The molecule has 5 nitrogen and oxygen atoms in total. The van der Waals surface area contributed by atoms with Crippen LogP contribution in [-0.2, 0) is 14.4 Å². The van der Waals surface area contributed by atoms with E-state index < -0.39 is 0 Å². The van der Waals surface area contributed by atoms with Crippen molar-refractivity contribution >= 4 is 0 Å². The molecule has 0 radical (unpaired) electrons. The smallest absolute Gasteiger partial charge is 0.300 e. The van der Waals surface area contributed by atoms with Crippen LogP contribution < -0.4 is 0 Å². The summed E-state index contributed by atoms with van der Waals surface area (Å²) in [6.45, 7) is 27.4. The predicted octanol–water partition coefficient (Wildman–Crippen LogP) is 5.61. The third-order valence-electron chi connectivity index (χ3n) is 7.54. The Bertz CT molecular complexity index is 528. The summed E-state index contributed by atoms with van der Waals surface area (Å²) in [4.78, 5) is 11.9. The Labute approximate surface area is 166 Å². The van der Waals surface area contributed by atoms with Gasteiger partial charge in [0, 0.05) is 13.1 Å². The van der Waals surface area contributed by atoms with E-state index in [9.17, 15) is 0 Å². The van der Waals surface area contributed by atoms with Crippen LogP contribution in [-0.4, -0.2) is 34.3 Å².